The van der Waals surface area contributed by atoms with Gasteiger partial charge in [0.1, 0.15) is 0 Å². The summed E-state index contributed by atoms with van der Waals surface area (Å²) in [5.74, 6) is 0.604. The molecule has 1 heterocycles. The largest absolute Gasteiger partial charge is 0.326 e. The Hall–Kier alpha value is -1.06. The second-order valence-electron chi connectivity index (χ2n) is 4.35. The smallest absolute Gasteiger partial charge is 0.221 e. The molecule has 0 aliphatic carbocycles. The zero-order valence-electron chi connectivity index (χ0n) is 10.0. The van der Waals surface area contributed by atoms with E-state index in [-0.39, 0.29) is 18.3 Å². The van der Waals surface area contributed by atoms with Gasteiger partial charge in [0.15, 0.2) is 0 Å². The highest BCUT2D eigenvalue weighted by Gasteiger charge is 2.14. The summed E-state index contributed by atoms with van der Waals surface area (Å²) in [4.78, 5) is 10.9. The molecule has 2 N–H and O–H groups in total. The van der Waals surface area contributed by atoms with Crippen LogP contribution in [0.3, 0.4) is 0 Å². The molecule has 0 spiro atoms. The van der Waals surface area contributed by atoms with Gasteiger partial charge in [0, 0.05) is 19.2 Å². The molecule has 0 saturated carbocycles. The molecular formula is C13H19ClN2O. The van der Waals surface area contributed by atoms with E-state index in [0.29, 0.717) is 5.92 Å². The molecule has 1 amide bonds. The Morgan fingerprint density at radius 2 is 2.06 bits per heavy atom. The van der Waals surface area contributed by atoms with Crippen molar-refractivity contribution in [3.63, 3.8) is 0 Å². The van der Waals surface area contributed by atoms with Crippen LogP contribution in [-0.4, -0.2) is 19.0 Å². The molecule has 1 aromatic rings. The van der Waals surface area contributed by atoms with Gasteiger partial charge in [-0.25, -0.2) is 0 Å². The van der Waals surface area contributed by atoms with Crippen molar-refractivity contribution in [2.45, 2.75) is 25.7 Å². The number of anilines is 1. The first-order valence-electron chi connectivity index (χ1n) is 5.84. The average Bonchev–Trinajstić information content (AvgIpc) is 2.30. The van der Waals surface area contributed by atoms with Crippen LogP contribution in [0.15, 0.2) is 24.3 Å². The Balaban J connectivity index is 0.00000144. The maximum atomic E-state index is 10.9. The first-order chi connectivity index (χ1) is 7.75. The van der Waals surface area contributed by atoms with Gasteiger partial charge in [-0.3, -0.25) is 4.79 Å². The predicted molar refractivity (Wildman–Crippen MR) is 72.8 cm³/mol. The Kier molecular flexibility index (Phi) is 5.45. The van der Waals surface area contributed by atoms with E-state index < -0.39 is 0 Å². The third-order valence-corrected chi connectivity index (χ3v) is 3.00. The molecule has 1 atom stereocenters. The van der Waals surface area contributed by atoms with Crippen LogP contribution >= 0.6 is 12.4 Å². The number of benzene rings is 1. The van der Waals surface area contributed by atoms with Gasteiger partial charge in [-0.1, -0.05) is 12.1 Å². The lowest BCUT2D eigenvalue weighted by Gasteiger charge is -2.23. The summed E-state index contributed by atoms with van der Waals surface area (Å²) in [6, 6.07) is 8.18. The minimum absolute atomic E-state index is 0. The first-order valence-corrected chi connectivity index (χ1v) is 5.84. The molecule has 0 aromatic heterocycles. The summed E-state index contributed by atoms with van der Waals surface area (Å²) < 4.78 is 0. The average molecular weight is 255 g/mol. The zero-order chi connectivity index (χ0) is 11.4. The summed E-state index contributed by atoms with van der Waals surface area (Å²) in [6.07, 6.45) is 2.50. The van der Waals surface area contributed by atoms with Gasteiger partial charge in [0.2, 0.25) is 5.91 Å². The van der Waals surface area contributed by atoms with Crippen molar-refractivity contribution in [1.29, 1.82) is 0 Å². The maximum absolute atomic E-state index is 10.9. The van der Waals surface area contributed by atoms with Gasteiger partial charge in [-0.05, 0) is 43.0 Å². The Bertz CT molecular complexity index is 358. The molecule has 4 heteroatoms. The number of carbonyl (C=O) groups excluding carboxylic acids is 1. The van der Waals surface area contributed by atoms with Gasteiger partial charge in [0.25, 0.3) is 0 Å². The number of halogens is 1. The summed E-state index contributed by atoms with van der Waals surface area (Å²) in [5.41, 5.74) is 2.24. The highest BCUT2D eigenvalue weighted by molar-refractivity contribution is 5.88. The molecule has 1 aliphatic heterocycles. The Morgan fingerprint density at radius 1 is 1.35 bits per heavy atom. The maximum Gasteiger partial charge on any atom is 0.221 e. The molecule has 1 fully saturated rings. The quantitative estimate of drug-likeness (QED) is 0.852. The SMILES string of the molecule is CC(=O)Nc1ccc(C2CCCNC2)cc1.Cl. The number of nitrogens with one attached hydrogen (secondary N) is 2. The van der Waals surface area contributed by atoms with Gasteiger partial charge >= 0.3 is 0 Å². The molecule has 3 nitrogen and oxygen atoms in total. The van der Waals surface area contributed by atoms with E-state index in [9.17, 15) is 4.79 Å². The number of piperidine rings is 1. The number of hydrogen-bond donors (Lipinski definition) is 2. The van der Waals surface area contributed by atoms with E-state index in [1.54, 1.807) is 0 Å². The van der Waals surface area contributed by atoms with Crippen molar-refractivity contribution < 1.29 is 4.79 Å². The molecule has 1 saturated heterocycles. The van der Waals surface area contributed by atoms with Crippen LogP contribution < -0.4 is 10.6 Å². The molecule has 0 radical (unpaired) electrons. The topological polar surface area (TPSA) is 41.1 Å². The fraction of sp³-hybridized carbons (Fsp3) is 0.462. The summed E-state index contributed by atoms with van der Waals surface area (Å²) in [5, 5.41) is 6.19. The van der Waals surface area contributed by atoms with E-state index in [1.165, 1.54) is 25.3 Å². The van der Waals surface area contributed by atoms with E-state index in [1.807, 2.05) is 12.1 Å². The molecule has 1 aliphatic rings. The summed E-state index contributed by atoms with van der Waals surface area (Å²) in [6.45, 7) is 3.74. The molecule has 1 unspecified atom stereocenters. The molecule has 2 rings (SSSR count). The summed E-state index contributed by atoms with van der Waals surface area (Å²) in [7, 11) is 0. The van der Waals surface area contributed by atoms with Crippen LogP contribution in [0.2, 0.25) is 0 Å². The van der Waals surface area contributed by atoms with Crippen LogP contribution in [0.25, 0.3) is 0 Å². The van der Waals surface area contributed by atoms with Crippen LogP contribution in [0.5, 0.6) is 0 Å². The normalized spacial score (nSPS) is 19.2. The number of carbonyl (C=O) groups is 1. The van der Waals surface area contributed by atoms with Gasteiger partial charge in [-0.2, -0.15) is 0 Å². The first kappa shape index (κ1) is 14.0. The highest BCUT2D eigenvalue weighted by Crippen LogP contribution is 2.24. The van der Waals surface area contributed by atoms with Crippen LogP contribution in [0.4, 0.5) is 5.69 Å². The Morgan fingerprint density at radius 3 is 2.59 bits per heavy atom. The fourth-order valence-corrected chi connectivity index (χ4v) is 2.18. The third-order valence-electron chi connectivity index (χ3n) is 3.00. The van der Waals surface area contributed by atoms with Crippen LogP contribution in [0, 0.1) is 0 Å². The highest BCUT2D eigenvalue weighted by atomic mass is 35.5. The standard InChI is InChI=1S/C13H18N2O.ClH/c1-10(16)15-13-6-4-11(5-7-13)12-3-2-8-14-9-12;/h4-7,12,14H,2-3,8-9H2,1H3,(H,15,16);1H. The zero-order valence-corrected chi connectivity index (χ0v) is 10.8. The number of rotatable bonds is 2. The van der Waals surface area contributed by atoms with Crippen molar-refractivity contribution in [2.24, 2.45) is 0 Å². The van der Waals surface area contributed by atoms with E-state index in [0.717, 1.165) is 18.8 Å². The molecule has 0 bridgehead atoms. The van der Waals surface area contributed by atoms with Gasteiger partial charge in [-0.15, -0.1) is 12.4 Å². The molecule has 17 heavy (non-hydrogen) atoms. The van der Waals surface area contributed by atoms with Crippen molar-refractivity contribution in [3.8, 4) is 0 Å². The fourth-order valence-electron chi connectivity index (χ4n) is 2.18. The van der Waals surface area contributed by atoms with Crippen LogP contribution in [-0.2, 0) is 4.79 Å². The third kappa shape index (κ3) is 4.02. The van der Waals surface area contributed by atoms with Crippen molar-refractivity contribution in [1.82, 2.24) is 5.32 Å². The van der Waals surface area contributed by atoms with E-state index in [4.69, 9.17) is 0 Å². The predicted octanol–water partition coefficient (Wildman–Crippen LogP) is 2.53. The second kappa shape index (κ2) is 6.62. The summed E-state index contributed by atoms with van der Waals surface area (Å²) >= 11 is 0. The lowest BCUT2D eigenvalue weighted by molar-refractivity contribution is -0.114. The van der Waals surface area contributed by atoms with Crippen molar-refractivity contribution >= 4 is 24.0 Å². The minimum Gasteiger partial charge on any atom is -0.326 e. The Labute approximate surface area is 108 Å². The lowest BCUT2D eigenvalue weighted by atomic mass is 9.92. The van der Waals surface area contributed by atoms with Gasteiger partial charge < -0.3 is 10.6 Å². The monoisotopic (exact) mass is 254 g/mol. The van der Waals surface area contributed by atoms with Crippen molar-refractivity contribution in [2.75, 3.05) is 18.4 Å². The van der Waals surface area contributed by atoms with E-state index in [2.05, 4.69) is 22.8 Å². The molecule has 94 valence electrons. The lowest BCUT2D eigenvalue weighted by Crippen LogP contribution is -2.28. The van der Waals surface area contributed by atoms with E-state index >= 15 is 0 Å². The number of hydrogen-bond acceptors (Lipinski definition) is 2. The number of amides is 1. The van der Waals surface area contributed by atoms with Gasteiger partial charge in [0.05, 0.1) is 0 Å². The van der Waals surface area contributed by atoms with Crippen LogP contribution in [0.1, 0.15) is 31.2 Å². The molecule has 1 aromatic carbocycles. The minimum atomic E-state index is -0.0212. The molecular weight excluding hydrogens is 236 g/mol. The second-order valence-corrected chi connectivity index (χ2v) is 4.35. The van der Waals surface area contributed by atoms with Crippen molar-refractivity contribution in [3.05, 3.63) is 29.8 Å².